The molecule has 4 nitrogen and oxygen atoms in total. The van der Waals surface area contributed by atoms with E-state index < -0.39 is 6.10 Å². The Morgan fingerprint density at radius 1 is 0.439 bits per heavy atom. The van der Waals surface area contributed by atoms with Gasteiger partial charge in [0.15, 0.2) is 0 Å². The molecule has 0 saturated carbocycles. The third-order valence-corrected chi connectivity index (χ3v) is 9.89. The topological polar surface area (TPSA) is 55.8 Å². The predicted molar refractivity (Wildman–Crippen MR) is 251 cm³/mol. The van der Waals surface area contributed by atoms with E-state index in [0.29, 0.717) is 13.0 Å². The number of aliphatic hydroxyl groups excluding tert-OH is 1. The van der Waals surface area contributed by atoms with Crippen LogP contribution in [0.2, 0.25) is 0 Å². The second-order valence-electron chi connectivity index (χ2n) is 15.4. The van der Waals surface area contributed by atoms with Crippen molar-refractivity contribution >= 4 is 5.97 Å². The minimum absolute atomic E-state index is 0.200. The van der Waals surface area contributed by atoms with E-state index in [1.54, 1.807) is 0 Å². The summed E-state index contributed by atoms with van der Waals surface area (Å²) in [6, 6.07) is 0. The first-order chi connectivity index (χ1) is 28.2. The summed E-state index contributed by atoms with van der Waals surface area (Å²) in [6.07, 6.45) is 70.7. The first-order valence-electron chi connectivity index (χ1n) is 23.8. The van der Waals surface area contributed by atoms with Crippen molar-refractivity contribution in [2.45, 2.75) is 213 Å². The van der Waals surface area contributed by atoms with Crippen LogP contribution in [0, 0.1) is 0 Å². The van der Waals surface area contributed by atoms with Gasteiger partial charge in [0, 0.05) is 13.0 Å². The van der Waals surface area contributed by atoms with Gasteiger partial charge < -0.3 is 14.6 Å². The molecule has 0 amide bonds. The summed E-state index contributed by atoms with van der Waals surface area (Å²) in [4.78, 5) is 12.2. The van der Waals surface area contributed by atoms with Gasteiger partial charge in [0.2, 0.25) is 0 Å². The van der Waals surface area contributed by atoms with E-state index in [9.17, 15) is 9.90 Å². The normalized spacial score (nSPS) is 13.2. The van der Waals surface area contributed by atoms with Crippen molar-refractivity contribution < 1.29 is 19.4 Å². The molecular weight excluding hydrogens is 701 g/mol. The number of carbonyl (C=O) groups excluding carboxylic acids is 1. The van der Waals surface area contributed by atoms with E-state index in [-0.39, 0.29) is 19.2 Å². The van der Waals surface area contributed by atoms with Crippen LogP contribution in [0.15, 0.2) is 97.2 Å². The van der Waals surface area contributed by atoms with Gasteiger partial charge in [-0.15, -0.1) is 0 Å². The van der Waals surface area contributed by atoms with Crippen LogP contribution >= 0.6 is 0 Å². The Labute approximate surface area is 353 Å². The highest BCUT2D eigenvalue weighted by molar-refractivity contribution is 5.69. The number of rotatable bonds is 43. The van der Waals surface area contributed by atoms with Gasteiger partial charge >= 0.3 is 5.97 Å². The maximum Gasteiger partial charge on any atom is 0.306 e. The number of hydrogen-bond donors (Lipinski definition) is 1. The Kier molecular flexibility index (Phi) is 47.1. The van der Waals surface area contributed by atoms with Crippen LogP contribution in [-0.2, 0) is 14.3 Å². The van der Waals surface area contributed by atoms with E-state index in [2.05, 4.69) is 111 Å². The molecule has 0 spiro atoms. The van der Waals surface area contributed by atoms with Gasteiger partial charge in [0.25, 0.3) is 0 Å². The molecule has 0 aliphatic rings. The number of hydrogen-bond acceptors (Lipinski definition) is 4. The summed E-state index contributed by atoms with van der Waals surface area (Å²) in [6.45, 7) is 5.08. The smallest absolute Gasteiger partial charge is 0.306 e. The van der Waals surface area contributed by atoms with Crippen LogP contribution in [0.3, 0.4) is 0 Å². The van der Waals surface area contributed by atoms with Crippen LogP contribution in [0.1, 0.15) is 206 Å². The van der Waals surface area contributed by atoms with Gasteiger partial charge in [0.05, 0.1) is 13.2 Å². The highest BCUT2D eigenvalue weighted by Crippen LogP contribution is 2.14. The van der Waals surface area contributed by atoms with Crippen molar-refractivity contribution in [3.63, 3.8) is 0 Å². The SMILES string of the molecule is CC/C=C\C/C=C\C/C=C\C/C=C\C/C=C\C/C=C\CCCOCC(CO)OC(=O)CCCCCCCCCCCCCCC/C=C\C/C=C\CCCCCCC. The largest absolute Gasteiger partial charge is 0.457 e. The zero-order valence-electron chi connectivity index (χ0n) is 37.3. The molecule has 0 radical (unpaired) electrons. The van der Waals surface area contributed by atoms with Gasteiger partial charge in [-0.1, -0.05) is 207 Å². The minimum atomic E-state index is -0.572. The summed E-state index contributed by atoms with van der Waals surface area (Å²) >= 11 is 0. The van der Waals surface area contributed by atoms with E-state index >= 15 is 0 Å². The summed E-state index contributed by atoms with van der Waals surface area (Å²) in [7, 11) is 0. The molecule has 0 aliphatic heterocycles. The summed E-state index contributed by atoms with van der Waals surface area (Å²) in [5, 5.41) is 9.62. The molecule has 0 aromatic rings. The maximum atomic E-state index is 12.2. The van der Waals surface area contributed by atoms with Crippen LogP contribution in [0.5, 0.6) is 0 Å². The highest BCUT2D eigenvalue weighted by atomic mass is 16.6. The van der Waals surface area contributed by atoms with E-state index in [1.165, 1.54) is 116 Å². The fraction of sp³-hybridized carbons (Fsp3) is 0.679. The Morgan fingerprint density at radius 3 is 1.19 bits per heavy atom. The molecule has 0 aromatic carbocycles. The molecule has 1 atom stereocenters. The third-order valence-electron chi connectivity index (χ3n) is 9.89. The molecule has 1 unspecified atom stereocenters. The Bertz CT molecular complexity index is 1060. The number of esters is 1. The zero-order valence-corrected chi connectivity index (χ0v) is 37.3. The van der Waals surface area contributed by atoms with Gasteiger partial charge in [-0.05, 0) is 89.9 Å². The van der Waals surface area contributed by atoms with Gasteiger partial charge in [-0.3, -0.25) is 4.79 Å². The number of aliphatic hydroxyl groups is 1. The van der Waals surface area contributed by atoms with Gasteiger partial charge in [-0.25, -0.2) is 0 Å². The van der Waals surface area contributed by atoms with E-state index in [1.807, 2.05) is 0 Å². The third kappa shape index (κ3) is 47.6. The van der Waals surface area contributed by atoms with Gasteiger partial charge in [-0.2, -0.15) is 0 Å². The van der Waals surface area contributed by atoms with E-state index in [0.717, 1.165) is 70.6 Å². The van der Waals surface area contributed by atoms with Crippen molar-refractivity contribution in [2.75, 3.05) is 19.8 Å². The average molecular weight is 791 g/mol. The maximum absolute atomic E-state index is 12.2. The average Bonchev–Trinajstić information content (AvgIpc) is 3.22. The molecule has 0 bridgehead atoms. The minimum Gasteiger partial charge on any atom is -0.457 e. The fourth-order valence-corrected chi connectivity index (χ4v) is 6.37. The number of ether oxygens (including phenoxy) is 2. The number of carbonyl (C=O) groups is 1. The fourth-order valence-electron chi connectivity index (χ4n) is 6.37. The molecule has 0 fully saturated rings. The molecule has 0 saturated heterocycles. The van der Waals surface area contributed by atoms with Crippen LogP contribution < -0.4 is 0 Å². The lowest BCUT2D eigenvalue weighted by Gasteiger charge is -2.15. The highest BCUT2D eigenvalue weighted by Gasteiger charge is 2.13. The second-order valence-corrected chi connectivity index (χ2v) is 15.4. The molecule has 57 heavy (non-hydrogen) atoms. The molecule has 326 valence electrons. The summed E-state index contributed by atoms with van der Waals surface area (Å²) < 4.78 is 11.1. The lowest BCUT2D eigenvalue weighted by Crippen LogP contribution is -2.27. The van der Waals surface area contributed by atoms with Crippen molar-refractivity contribution in [1.82, 2.24) is 0 Å². The molecule has 0 aliphatic carbocycles. The number of allylic oxidation sites excluding steroid dienone is 16. The van der Waals surface area contributed by atoms with Crippen LogP contribution in [0.25, 0.3) is 0 Å². The molecular formula is C53H90O4. The van der Waals surface area contributed by atoms with Crippen LogP contribution in [0.4, 0.5) is 0 Å². The van der Waals surface area contributed by atoms with Gasteiger partial charge in [0.1, 0.15) is 6.10 Å². The molecule has 1 N–H and O–H groups in total. The molecule has 4 heteroatoms. The molecule has 0 heterocycles. The van der Waals surface area contributed by atoms with Crippen molar-refractivity contribution in [3.8, 4) is 0 Å². The Balaban J connectivity index is 3.53. The lowest BCUT2D eigenvalue weighted by molar-refractivity contribution is -0.154. The van der Waals surface area contributed by atoms with E-state index in [4.69, 9.17) is 9.47 Å². The van der Waals surface area contributed by atoms with Crippen LogP contribution in [-0.4, -0.2) is 37.0 Å². The summed E-state index contributed by atoms with van der Waals surface area (Å²) in [5.74, 6) is -0.224. The first-order valence-corrected chi connectivity index (χ1v) is 23.8. The quantitative estimate of drug-likeness (QED) is 0.0380. The first kappa shape index (κ1) is 54.3. The predicted octanol–water partition coefficient (Wildman–Crippen LogP) is 16.1. The Morgan fingerprint density at radius 2 is 0.789 bits per heavy atom. The molecule has 0 aromatic heterocycles. The monoisotopic (exact) mass is 791 g/mol. The standard InChI is InChI=1S/C53H90O4/c1-3-5-7-9-11-13-15-17-19-21-23-25-26-27-28-29-30-32-34-36-38-40-42-44-46-48-53(55)57-52(50-54)51-56-49-47-45-43-41-39-37-35-33-31-24-22-20-18-16-14-12-10-8-6-4-2/h6,8,12,14-15,17-18,20-21,23-24,31,35,37,41,43,52,54H,3-5,7,9-11,13,16,19,22,25-30,32-34,36,38-40,42,44-51H2,1-2H3/b8-6-,14-12-,17-15-,20-18-,23-21-,31-24-,37-35-,43-41-. The second kappa shape index (κ2) is 49.5. The van der Waals surface area contributed by atoms with Crippen molar-refractivity contribution in [2.24, 2.45) is 0 Å². The molecule has 0 rings (SSSR count). The van der Waals surface area contributed by atoms with Crippen molar-refractivity contribution in [1.29, 1.82) is 0 Å². The number of unbranched alkanes of at least 4 members (excludes halogenated alkanes) is 19. The zero-order chi connectivity index (χ0) is 41.2. The Hall–Kier alpha value is -2.69. The summed E-state index contributed by atoms with van der Waals surface area (Å²) in [5.41, 5.74) is 0. The van der Waals surface area contributed by atoms with Crippen molar-refractivity contribution in [3.05, 3.63) is 97.2 Å². The lowest BCUT2D eigenvalue weighted by atomic mass is 10.0.